The minimum atomic E-state index is -4.63. The number of carbonyl (C=O) groups is 1. The molecule has 1 heterocycles. The Balaban J connectivity index is 1.69. The third-order valence-corrected chi connectivity index (χ3v) is 4.71. The molecule has 30 heavy (non-hydrogen) atoms. The number of alkyl halides is 3. The number of amides is 2. The summed E-state index contributed by atoms with van der Waals surface area (Å²) in [5.74, 6) is -0.583. The zero-order chi connectivity index (χ0) is 21.9. The average Bonchev–Trinajstić information content (AvgIpc) is 2.68. The van der Waals surface area contributed by atoms with Crippen molar-refractivity contribution in [2.45, 2.75) is 19.6 Å². The number of carbonyl (C=O) groups excluding carboxylic acids is 1. The second-order valence-corrected chi connectivity index (χ2v) is 6.92. The lowest BCUT2D eigenvalue weighted by Gasteiger charge is -2.13. The van der Waals surface area contributed by atoms with Crippen LogP contribution in [-0.2, 0) is 12.7 Å². The Labute approximate surface area is 174 Å². The van der Waals surface area contributed by atoms with Crippen molar-refractivity contribution in [3.8, 4) is 11.1 Å². The molecule has 3 aromatic rings. The van der Waals surface area contributed by atoms with Gasteiger partial charge in [-0.1, -0.05) is 23.7 Å². The predicted molar refractivity (Wildman–Crippen MR) is 107 cm³/mol. The van der Waals surface area contributed by atoms with Gasteiger partial charge in [-0.2, -0.15) is 17.6 Å². The fourth-order valence-electron chi connectivity index (χ4n) is 2.76. The molecule has 2 amide bonds. The van der Waals surface area contributed by atoms with E-state index in [1.165, 1.54) is 18.3 Å². The molecule has 2 aromatic carbocycles. The van der Waals surface area contributed by atoms with Gasteiger partial charge in [-0.3, -0.25) is 0 Å². The average molecular weight is 438 g/mol. The zero-order valence-corrected chi connectivity index (χ0v) is 16.4. The number of hydrogen-bond donors (Lipinski definition) is 2. The largest absolute Gasteiger partial charge is 0.417 e. The van der Waals surface area contributed by atoms with Crippen LogP contribution in [0.1, 0.15) is 16.7 Å². The van der Waals surface area contributed by atoms with Gasteiger partial charge in [-0.15, -0.1) is 0 Å². The minimum absolute atomic E-state index is 0.0351. The van der Waals surface area contributed by atoms with Crippen molar-refractivity contribution < 1.29 is 22.4 Å². The van der Waals surface area contributed by atoms with Crippen LogP contribution in [0.4, 0.5) is 28.0 Å². The van der Waals surface area contributed by atoms with E-state index >= 15 is 0 Å². The number of pyridine rings is 1. The molecule has 0 aliphatic rings. The molecule has 0 aliphatic heterocycles. The molecule has 4 nitrogen and oxygen atoms in total. The highest BCUT2D eigenvalue weighted by molar-refractivity contribution is 6.31. The van der Waals surface area contributed by atoms with Gasteiger partial charge in [0.2, 0.25) is 5.95 Å². The fourth-order valence-corrected chi connectivity index (χ4v) is 2.98. The number of halogens is 5. The fraction of sp³-hybridized carbons (Fsp3) is 0.143. The first-order chi connectivity index (χ1) is 14.1. The van der Waals surface area contributed by atoms with Crippen molar-refractivity contribution in [1.29, 1.82) is 0 Å². The standard InChI is InChI=1S/C21H16ClF4N3O/c1-12-2-3-13(14-4-7-19(23)27-10-14)8-15(12)11-28-20(30)29-16-5-6-18(22)17(9-16)21(24,25)26/h2-10H,11H2,1H3,(H2,28,29,30). The van der Waals surface area contributed by atoms with Crippen molar-refractivity contribution in [2.24, 2.45) is 0 Å². The number of hydrogen-bond acceptors (Lipinski definition) is 2. The summed E-state index contributed by atoms with van der Waals surface area (Å²) in [5.41, 5.74) is 2.13. The highest BCUT2D eigenvalue weighted by Gasteiger charge is 2.33. The highest BCUT2D eigenvalue weighted by Crippen LogP contribution is 2.36. The van der Waals surface area contributed by atoms with Gasteiger partial charge in [-0.25, -0.2) is 9.78 Å². The van der Waals surface area contributed by atoms with Gasteiger partial charge in [0, 0.05) is 24.0 Å². The van der Waals surface area contributed by atoms with E-state index in [9.17, 15) is 22.4 Å². The molecule has 0 atom stereocenters. The maximum absolute atomic E-state index is 13.0. The summed E-state index contributed by atoms with van der Waals surface area (Å²) in [7, 11) is 0. The third-order valence-electron chi connectivity index (χ3n) is 4.38. The number of benzene rings is 2. The summed E-state index contributed by atoms with van der Waals surface area (Å²) < 4.78 is 51.8. The molecule has 0 aliphatic carbocycles. The van der Waals surface area contributed by atoms with E-state index < -0.39 is 28.7 Å². The molecule has 9 heteroatoms. The van der Waals surface area contributed by atoms with E-state index in [1.807, 2.05) is 25.1 Å². The highest BCUT2D eigenvalue weighted by atomic mass is 35.5. The summed E-state index contributed by atoms with van der Waals surface area (Å²) in [6, 6.07) is 10.8. The topological polar surface area (TPSA) is 54.0 Å². The Morgan fingerprint density at radius 2 is 1.80 bits per heavy atom. The Bertz CT molecular complexity index is 1070. The SMILES string of the molecule is Cc1ccc(-c2ccc(F)nc2)cc1CNC(=O)Nc1ccc(Cl)c(C(F)(F)F)c1. The van der Waals surface area contributed by atoms with Crippen molar-refractivity contribution in [1.82, 2.24) is 10.3 Å². The second-order valence-electron chi connectivity index (χ2n) is 6.51. The Kier molecular flexibility index (Phi) is 6.26. The van der Waals surface area contributed by atoms with Gasteiger partial charge in [0.05, 0.1) is 10.6 Å². The molecule has 2 N–H and O–H groups in total. The van der Waals surface area contributed by atoms with E-state index in [1.54, 1.807) is 6.07 Å². The van der Waals surface area contributed by atoms with Crippen molar-refractivity contribution in [2.75, 3.05) is 5.32 Å². The first kappa shape index (κ1) is 21.6. The first-order valence-electron chi connectivity index (χ1n) is 8.76. The van der Waals surface area contributed by atoms with Gasteiger partial charge in [0.1, 0.15) is 0 Å². The van der Waals surface area contributed by atoms with Crippen LogP contribution >= 0.6 is 11.6 Å². The Hall–Kier alpha value is -3.13. The molecule has 0 radical (unpaired) electrons. The summed E-state index contributed by atoms with van der Waals surface area (Å²) in [6.45, 7) is 2.00. The molecule has 0 saturated heterocycles. The van der Waals surface area contributed by atoms with E-state index in [4.69, 9.17) is 11.6 Å². The van der Waals surface area contributed by atoms with Crippen molar-refractivity contribution in [3.63, 3.8) is 0 Å². The number of anilines is 1. The van der Waals surface area contributed by atoms with Crippen molar-refractivity contribution >= 4 is 23.3 Å². The smallest absolute Gasteiger partial charge is 0.334 e. The summed E-state index contributed by atoms with van der Waals surface area (Å²) in [4.78, 5) is 15.8. The lowest BCUT2D eigenvalue weighted by Crippen LogP contribution is -2.28. The lowest BCUT2D eigenvalue weighted by atomic mass is 10.0. The summed E-state index contributed by atoms with van der Waals surface area (Å²) in [6.07, 6.45) is -3.22. The van der Waals surface area contributed by atoms with E-state index in [0.717, 1.165) is 28.8 Å². The summed E-state index contributed by atoms with van der Waals surface area (Å²) >= 11 is 5.58. The normalized spacial score (nSPS) is 11.3. The molecule has 0 fully saturated rings. The third kappa shape index (κ3) is 5.27. The predicted octanol–water partition coefficient (Wildman–Crippen LogP) is 6.19. The summed E-state index contributed by atoms with van der Waals surface area (Å²) in [5, 5.41) is 4.52. The lowest BCUT2D eigenvalue weighted by molar-refractivity contribution is -0.137. The van der Waals surface area contributed by atoms with Crippen LogP contribution in [0.2, 0.25) is 5.02 Å². The number of rotatable bonds is 4. The van der Waals surface area contributed by atoms with E-state index in [0.29, 0.717) is 5.56 Å². The van der Waals surface area contributed by atoms with Gasteiger partial charge < -0.3 is 10.6 Å². The maximum Gasteiger partial charge on any atom is 0.417 e. The van der Waals surface area contributed by atoms with E-state index in [-0.39, 0.29) is 12.2 Å². The molecule has 3 rings (SSSR count). The molecule has 0 saturated carbocycles. The van der Waals surface area contributed by atoms with Crippen LogP contribution in [0.25, 0.3) is 11.1 Å². The minimum Gasteiger partial charge on any atom is -0.334 e. The van der Waals surface area contributed by atoms with Crippen LogP contribution in [-0.4, -0.2) is 11.0 Å². The van der Waals surface area contributed by atoms with Crippen molar-refractivity contribution in [3.05, 3.63) is 82.4 Å². The number of aryl methyl sites for hydroxylation is 1. The number of urea groups is 1. The number of aromatic nitrogens is 1. The quantitative estimate of drug-likeness (QED) is 0.377. The number of nitrogens with one attached hydrogen (secondary N) is 2. The number of nitrogens with zero attached hydrogens (tertiary/aromatic N) is 1. The molecule has 1 aromatic heterocycles. The van der Waals surface area contributed by atoms with Crippen LogP contribution in [0.15, 0.2) is 54.7 Å². The molecular formula is C21H16ClF4N3O. The van der Waals surface area contributed by atoms with Crippen LogP contribution in [0, 0.1) is 12.9 Å². The molecule has 0 bridgehead atoms. The second kappa shape index (κ2) is 8.71. The first-order valence-corrected chi connectivity index (χ1v) is 9.14. The van der Waals surface area contributed by atoms with Gasteiger partial charge in [0.15, 0.2) is 0 Å². The Morgan fingerprint density at radius 3 is 2.47 bits per heavy atom. The molecule has 0 spiro atoms. The van der Waals surface area contributed by atoms with Gasteiger partial charge >= 0.3 is 12.2 Å². The Morgan fingerprint density at radius 1 is 1.07 bits per heavy atom. The van der Waals surface area contributed by atoms with Gasteiger partial charge in [0.25, 0.3) is 0 Å². The molecular weight excluding hydrogens is 422 g/mol. The van der Waals surface area contributed by atoms with Gasteiger partial charge in [-0.05, 0) is 60.0 Å². The van der Waals surface area contributed by atoms with Crippen LogP contribution in [0.3, 0.4) is 0 Å². The zero-order valence-electron chi connectivity index (χ0n) is 15.6. The maximum atomic E-state index is 13.0. The van der Waals surface area contributed by atoms with Crippen LogP contribution in [0.5, 0.6) is 0 Å². The molecule has 0 unspecified atom stereocenters. The van der Waals surface area contributed by atoms with Crippen LogP contribution < -0.4 is 10.6 Å². The monoisotopic (exact) mass is 437 g/mol. The molecule has 156 valence electrons. The van der Waals surface area contributed by atoms with E-state index in [2.05, 4.69) is 15.6 Å².